The summed E-state index contributed by atoms with van der Waals surface area (Å²) in [4.78, 5) is 14.3. The molecule has 1 aromatic heterocycles. The van der Waals surface area contributed by atoms with Gasteiger partial charge in [0.2, 0.25) is 0 Å². The maximum atomic E-state index is 12.6. The van der Waals surface area contributed by atoms with Crippen LogP contribution in [-0.4, -0.2) is 40.4 Å². The Balaban J connectivity index is 1.84. The van der Waals surface area contributed by atoms with Gasteiger partial charge in [-0.1, -0.05) is 0 Å². The van der Waals surface area contributed by atoms with Crippen LogP contribution < -0.4 is 14.8 Å². The lowest BCUT2D eigenvalue weighted by Crippen LogP contribution is -2.44. The molecule has 1 aliphatic rings. The summed E-state index contributed by atoms with van der Waals surface area (Å²) in [6.07, 6.45) is 1.56. The molecule has 0 spiro atoms. The molecule has 0 bridgehead atoms. The molecule has 126 valence electrons. The molecule has 2 aromatic rings. The van der Waals surface area contributed by atoms with Crippen LogP contribution in [0.3, 0.4) is 0 Å². The maximum Gasteiger partial charge on any atom is 0.323 e. The number of nitrogens with zero attached hydrogens (tertiary/aromatic N) is 3. The zero-order valence-electron chi connectivity index (χ0n) is 13.9. The van der Waals surface area contributed by atoms with Crippen molar-refractivity contribution in [1.29, 1.82) is 0 Å². The number of fused-ring (bicyclic) bond motifs is 1. The first-order chi connectivity index (χ1) is 11.5. The van der Waals surface area contributed by atoms with E-state index in [1.807, 2.05) is 32.0 Å². The molecule has 1 aliphatic heterocycles. The first-order valence-corrected chi connectivity index (χ1v) is 7.66. The number of hydrogen-bond donors (Lipinski definition) is 1. The van der Waals surface area contributed by atoms with Crippen molar-refractivity contribution in [3.05, 3.63) is 42.1 Å². The zero-order chi connectivity index (χ0) is 17.2. The topological polar surface area (TPSA) is 76.6 Å². The van der Waals surface area contributed by atoms with E-state index in [0.29, 0.717) is 18.9 Å². The number of aromatic nitrogens is 2. The normalized spacial score (nSPS) is 15.7. The van der Waals surface area contributed by atoms with Crippen molar-refractivity contribution in [3.63, 3.8) is 0 Å². The summed E-state index contributed by atoms with van der Waals surface area (Å²) in [6.45, 7) is 4.78. The quantitative estimate of drug-likeness (QED) is 0.917. The number of urea groups is 1. The standard InChI is InChI=1S/C17H20N4O3/c1-17(2)11-21(16(22)19-15-5-4-8-18-20-15)10-12-6-7-13(23-3)9-14(12)24-17/h4-9H,10-11H2,1-3H3,(H,19,20,22). The minimum absolute atomic E-state index is 0.240. The summed E-state index contributed by atoms with van der Waals surface area (Å²) < 4.78 is 11.3. The Morgan fingerprint density at radius 1 is 1.38 bits per heavy atom. The second-order valence-corrected chi connectivity index (χ2v) is 6.23. The van der Waals surface area contributed by atoms with Gasteiger partial charge in [-0.15, -0.1) is 5.10 Å². The van der Waals surface area contributed by atoms with Gasteiger partial charge in [0.05, 0.1) is 20.2 Å². The molecular weight excluding hydrogens is 308 g/mol. The van der Waals surface area contributed by atoms with E-state index in [9.17, 15) is 4.79 Å². The van der Waals surface area contributed by atoms with Gasteiger partial charge in [0.1, 0.15) is 17.1 Å². The average molecular weight is 328 g/mol. The highest BCUT2D eigenvalue weighted by Crippen LogP contribution is 2.32. The molecule has 1 N–H and O–H groups in total. The van der Waals surface area contributed by atoms with Gasteiger partial charge < -0.3 is 14.4 Å². The summed E-state index contributed by atoms with van der Waals surface area (Å²) in [6, 6.07) is 8.80. The van der Waals surface area contributed by atoms with Crippen molar-refractivity contribution >= 4 is 11.8 Å². The van der Waals surface area contributed by atoms with E-state index in [2.05, 4.69) is 15.5 Å². The smallest absolute Gasteiger partial charge is 0.323 e. The minimum Gasteiger partial charge on any atom is -0.497 e. The molecule has 24 heavy (non-hydrogen) atoms. The molecule has 0 radical (unpaired) electrons. The maximum absolute atomic E-state index is 12.6. The molecule has 3 rings (SSSR count). The number of ether oxygens (including phenoxy) is 2. The Kier molecular flexibility index (Phi) is 4.24. The molecule has 0 saturated carbocycles. The van der Waals surface area contributed by atoms with Gasteiger partial charge in [-0.05, 0) is 38.1 Å². The molecule has 0 saturated heterocycles. The van der Waals surface area contributed by atoms with Crippen LogP contribution in [-0.2, 0) is 6.54 Å². The molecule has 2 amide bonds. The van der Waals surface area contributed by atoms with Crippen LogP contribution in [0.5, 0.6) is 11.5 Å². The van der Waals surface area contributed by atoms with E-state index >= 15 is 0 Å². The van der Waals surface area contributed by atoms with Gasteiger partial charge in [0.15, 0.2) is 5.82 Å². The van der Waals surface area contributed by atoms with E-state index in [4.69, 9.17) is 9.47 Å². The molecule has 0 atom stereocenters. The van der Waals surface area contributed by atoms with E-state index in [1.165, 1.54) is 0 Å². The molecular formula is C17H20N4O3. The number of rotatable bonds is 2. The Morgan fingerprint density at radius 2 is 2.21 bits per heavy atom. The molecule has 7 nitrogen and oxygen atoms in total. The van der Waals surface area contributed by atoms with Crippen molar-refractivity contribution in [2.24, 2.45) is 0 Å². The number of methoxy groups -OCH3 is 1. The largest absolute Gasteiger partial charge is 0.497 e. The number of benzene rings is 1. The third kappa shape index (κ3) is 3.56. The number of carbonyl (C=O) groups excluding carboxylic acids is 1. The highest BCUT2D eigenvalue weighted by atomic mass is 16.5. The monoisotopic (exact) mass is 328 g/mol. The predicted molar refractivity (Wildman–Crippen MR) is 89.2 cm³/mol. The molecule has 0 fully saturated rings. The van der Waals surface area contributed by atoms with E-state index in [0.717, 1.165) is 17.1 Å². The second kappa shape index (κ2) is 6.35. The Labute approximate surface area is 140 Å². The average Bonchev–Trinajstić information content (AvgIpc) is 2.69. The van der Waals surface area contributed by atoms with E-state index < -0.39 is 5.60 Å². The zero-order valence-corrected chi connectivity index (χ0v) is 13.9. The number of nitrogens with one attached hydrogen (secondary N) is 1. The van der Waals surface area contributed by atoms with Crippen LogP contribution in [0.15, 0.2) is 36.5 Å². The SMILES string of the molecule is COc1ccc2c(c1)OC(C)(C)CN(C(=O)Nc1cccnn1)C2. The fourth-order valence-corrected chi connectivity index (χ4v) is 2.64. The third-order valence-electron chi connectivity index (χ3n) is 3.69. The third-order valence-corrected chi connectivity index (χ3v) is 3.69. The van der Waals surface area contributed by atoms with Crippen LogP contribution in [0.25, 0.3) is 0 Å². The second-order valence-electron chi connectivity index (χ2n) is 6.23. The van der Waals surface area contributed by atoms with Gasteiger partial charge in [-0.2, -0.15) is 5.10 Å². The van der Waals surface area contributed by atoms with Crippen molar-refractivity contribution in [1.82, 2.24) is 15.1 Å². The molecule has 1 aromatic carbocycles. The van der Waals surface area contributed by atoms with Crippen LogP contribution in [0.2, 0.25) is 0 Å². The Hall–Kier alpha value is -2.83. The van der Waals surface area contributed by atoms with Crippen molar-refractivity contribution in [2.45, 2.75) is 26.0 Å². The van der Waals surface area contributed by atoms with Crippen LogP contribution in [0.1, 0.15) is 19.4 Å². The summed E-state index contributed by atoms with van der Waals surface area (Å²) in [7, 11) is 1.62. The van der Waals surface area contributed by atoms with Crippen molar-refractivity contribution < 1.29 is 14.3 Å². The highest BCUT2D eigenvalue weighted by Gasteiger charge is 2.32. The number of carbonyl (C=O) groups is 1. The summed E-state index contributed by atoms with van der Waals surface area (Å²) in [5.41, 5.74) is 0.396. The number of amides is 2. The van der Waals surface area contributed by atoms with Crippen LogP contribution >= 0.6 is 0 Å². The van der Waals surface area contributed by atoms with Gasteiger partial charge >= 0.3 is 6.03 Å². The summed E-state index contributed by atoms with van der Waals surface area (Å²) in [5, 5.41) is 10.4. The van der Waals surface area contributed by atoms with Gasteiger partial charge in [0, 0.05) is 17.8 Å². The first-order valence-electron chi connectivity index (χ1n) is 7.66. The summed E-state index contributed by atoms with van der Waals surface area (Å²) >= 11 is 0. The van der Waals surface area contributed by atoms with Crippen LogP contribution in [0.4, 0.5) is 10.6 Å². The Bertz CT molecular complexity index is 734. The lowest BCUT2D eigenvalue weighted by Gasteiger charge is -2.29. The molecule has 0 aliphatic carbocycles. The lowest BCUT2D eigenvalue weighted by molar-refractivity contribution is 0.0833. The van der Waals surface area contributed by atoms with Crippen molar-refractivity contribution in [2.75, 3.05) is 19.0 Å². The summed E-state index contributed by atoms with van der Waals surface area (Å²) in [5.74, 6) is 1.87. The van der Waals surface area contributed by atoms with Gasteiger partial charge in [0.25, 0.3) is 0 Å². The fourth-order valence-electron chi connectivity index (χ4n) is 2.64. The van der Waals surface area contributed by atoms with Gasteiger partial charge in [-0.25, -0.2) is 4.79 Å². The lowest BCUT2D eigenvalue weighted by atomic mass is 10.1. The highest BCUT2D eigenvalue weighted by molar-refractivity contribution is 5.88. The number of hydrogen-bond acceptors (Lipinski definition) is 5. The van der Waals surface area contributed by atoms with Gasteiger partial charge in [-0.3, -0.25) is 5.32 Å². The predicted octanol–water partition coefficient (Wildman–Crippen LogP) is 2.69. The van der Waals surface area contributed by atoms with E-state index in [1.54, 1.807) is 30.3 Å². The fraction of sp³-hybridized carbons (Fsp3) is 0.353. The first kappa shape index (κ1) is 16.0. The van der Waals surface area contributed by atoms with Crippen molar-refractivity contribution in [3.8, 4) is 11.5 Å². The van der Waals surface area contributed by atoms with E-state index in [-0.39, 0.29) is 6.03 Å². The molecule has 7 heteroatoms. The minimum atomic E-state index is -0.530. The van der Waals surface area contributed by atoms with Crippen LogP contribution in [0, 0.1) is 0 Å². The molecule has 0 unspecified atom stereocenters. The molecule has 2 heterocycles. The Morgan fingerprint density at radius 3 is 2.92 bits per heavy atom. The number of anilines is 1.